The van der Waals surface area contributed by atoms with E-state index in [2.05, 4.69) is 15.1 Å². The third kappa shape index (κ3) is 4.35. The molecule has 0 aliphatic heterocycles. The van der Waals surface area contributed by atoms with Crippen LogP contribution in [0.3, 0.4) is 0 Å². The largest absolute Gasteiger partial charge is 0.444 e. The molecule has 2 heterocycles. The van der Waals surface area contributed by atoms with Gasteiger partial charge in [0.2, 0.25) is 0 Å². The van der Waals surface area contributed by atoms with Crippen molar-refractivity contribution in [3.63, 3.8) is 0 Å². The van der Waals surface area contributed by atoms with Crippen molar-refractivity contribution in [2.45, 2.75) is 39.2 Å². The summed E-state index contributed by atoms with van der Waals surface area (Å²) in [6, 6.07) is 3.66. The van der Waals surface area contributed by atoms with Gasteiger partial charge in [0.05, 0.1) is 5.56 Å². The van der Waals surface area contributed by atoms with Gasteiger partial charge < -0.3 is 19.1 Å². The van der Waals surface area contributed by atoms with Crippen LogP contribution in [-0.4, -0.2) is 45.3 Å². The minimum atomic E-state index is -0.542. The zero-order valence-corrected chi connectivity index (χ0v) is 14.5. The first-order valence-corrected chi connectivity index (χ1v) is 7.56. The number of hydrogen-bond donors (Lipinski definition) is 1. The van der Waals surface area contributed by atoms with E-state index in [-0.39, 0.29) is 5.92 Å². The lowest BCUT2D eigenvalue weighted by Gasteiger charge is -2.25. The third-order valence-electron chi connectivity index (χ3n) is 3.18. The van der Waals surface area contributed by atoms with Crippen molar-refractivity contribution in [1.82, 2.24) is 20.0 Å². The van der Waals surface area contributed by atoms with Gasteiger partial charge >= 0.3 is 6.09 Å². The standard InChI is InChI=1S/C16H21N5O3/c1-10(9-21(5)15(22)23-16(2,3)4)13-19-14(24-20-13)12-6-11(7-17)8-18-12/h6,8,10,18H,9H2,1-5H3/t10-/m1/s1. The lowest BCUT2D eigenvalue weighted by molar-refractivity contribution is 0.0289. The van der Waals surface area contributed by atoms with Gasteiger partial charge in [0.15, 0.2) is 5.82 Å². The number of aromatic nitrogens is 3. The summed E-state index contributed by atoms with van der Waals surface area (Å²) in [5, 5.41) is 12.8. The number of carbonyl (C=O) groups excluding carboxylic acids is 1. The number of rotatable bonds is 4. The second-order valence-electron chi connectivity index (χ2n) is 6.63. The molecule has 0 unspecified atom stereocenters. The van der Waals surface area contributed by atoms with Crippen LogP contribution in [0.25, 0.3) is 11.6 Å². The van der Waals surface area contributed by atoms with E-state index in [1.807, 2.05) is 33.8 Å². The molecule has 1 amide bonds. The van der Waals surface area contributed by atoms with Crippen LogP contribution in [0.5, 0.6) is 0 Å². The highest BCUT2D eigenvalue weighted by Gasteiger charge is 2.23. The van der Waals surface area contributed by atoms with Gasteiger partial charge in [-0.1, -0.05) is 12.1 Å². The minimum absolute atomic E-state index is 0.134. The fourth-order valence-corrected chi connectivity index (χ4v) is 2.03. The molecule has 0 saturated heterocycles. The lowest BCUT2D eigenvalue weighted by atomic mass is 10.1. The van der Waals surface area contributed by atoms with E-state index in [4.69, 9.17) is 14.5 Å². The topological polar surface area (TPSA) is 108 Å². The summed E-state index contributed by atoms with van der Waals surface area (Å²) in [4.78, 5) is 20.7. The van der Waals surface area contributed by atoms with Crippen molar-refractivity contribution in [3.05, 3.63) is 23.7 Å². The first-order valence-electron chi connectivity index (χ1n) is 7.56. The summed E-state index contributed by atoms with van der Waals surface area (Å²) in [6.45, 7) is 7.74. The summed E-state index contributed by atoms with van der Waals surface area (Å²) >= 11 is 0. The number of amides is 1. The number of carbonyl (C=O) groups is 1. The number of ether oxygens (including phenoxy) is 1. The molecule has 8 heteroatoms. The Morgan fingerprint density at radius 1 is 1.54 bits per heavy atom. The zero-order valence-electron chi connectivity index (χ0n) is 14.5. The van der Waals surface area contributed by atoms with E-state index in [0.29, 0.717) is 29.5 Å². The van der Waals surface area contributed by atoms with Crippen LogP contribution in [0.2, 0.25) is 0 Å². The Kier molecular flexibility index (Phi) is 4.93. The van der Waals surface area contributed by atoms with Crippen LogP contribution in [0.1, 0.15) is 45.0 Å². The quantitative estimate of drug-likeness (QED) is 0.922. The third-order valence-corrected chi connectivity index (χ3v) is 3.18. The number of likely N-dealkylation sites (N-methyl/N-ethyl adjacent to an activating group) is 1. The Bertz CT molecular complexity index is 750. The van der Waals surface area contributed by atoms with Gasteiger partial charge in [0.25, 0.3) is 5.89 Å². The van der Waals surface area contributed by atoms with Crippen LogP contribution < -0.4 is 0 Å². The average molecular weight is 331 g/mol. The molecule has 1 atom stereocenters. The fourth-order valence-electron chi connectivity index (χ4n) is 2.03. The van der Waals surface area contributed by atoms with Crippen molar-refractivity contribution in [1.29, 1.82) is 5.26 Å². The van der Waals surface area contributed by atoms with Crippen molar-refractivity contribution >= 4 is 6.09 Å². The first-order chi connectivity index (χ1) is 11.2. The van der Waals surface area contributed by atoms with Crippen LogP contribution in [-0.2, 0) is 4.74 Å². The molecule has 2 rings (SSSR count). The van der Waals surface area contributed by atoms with Crippen LogP contribution in [0.4, 0.5) is 4.79 Å². The molecule has 24 heavy (non-hydrogen) atoms. The number of H-pyrrole nitrogens is 1. The summed E-state index contributed by atoms with van der Waals surface area (Å²) in [7, 11) is 1.66. The Morgan fingerprint density at radius 3 is 2.83 bits per heavy atom. The highest BCUT2D eigenvalue weighted by atomic mass is 16.6. The average Bonchev–Trinajstić information content (AvgIpc) is 3.14. The first kappa shape index (κ1) is 17.5. The Labute approximate surface area is 140 Å². The maximum Gasteiger partial charge on any atom is 0.410 e. The van der Waals surface area contributed by atoms with Crippen LogP contribution >= 0.6 is 0 Å². The molecule has 1 N–H and O–H groups in total. The van der Waals surface area contributed by atoms with Crippen molar-refractivity contribution in [2.24, 2.45) is 0 Å². The summed E-state index contributed by atoms with van der Waals surface area (Å²) in [5.74, 6) is 0.650. The maximum atomic E-state index is 12.0. The highest BCUT2D eigenvalue weighted by Crippen LogP contribution is 2.21. The molecule has 2 aromatic rings. The summed E-state index contributed by atoms with van der Waals surface area (Å²) < 4.78 is 10.5. The van der Waals surface area contributed by atoms with Gasteiger partial charge in [-0.25, -0.2) is 4.79 Å². The zero-order chi connectivity index (χ0) is 17.9. The SMILES string of the molecule is C[C@H](CN(C)C(=O)OC(C)(C)C)c1noc(-c2cc(C#N)c[nH]2)n1. The molecule has 0 fully saturated rings. The monoisotopic (exact) mass is 331 g/mol. The van der Waals surface area contributed by atoms with E-state index in [9.17, 15) is 4.79 Å². The van der Waals surface area contributed by atoms with Gasteiger partial charge in [-0.15, -0.1) is 0 Å². The molecule has 2 aromatic heterocycles. The maximum absolute atomic E-state index is 12.0. The molecular formula is C16H21N5O3. The Hall–Kier alpha value is -2.82. The van der Waals surface area contributed by atoms with E-state index in [1.54, 1.807) is 19.3 Å². The van der Waals surface area contributed by atoms with Crippen molar-refractivity contribution in [2.75, 3.05) is 13.6 Å². The molecule has 128 valence electrons. The minimum Gasteiger partial charge on any atom is -0.444 e. The van der Waals surface area contributed by atoms with Gasteiger partial charge in [0.1, 0.15) is 17.4 Å². The Balaban J connectivity index is 2.02. The number of nitrogens with zero attached hydrogens (tertiary/aromatic N) is 4. The molecular weight excluding hydrogens is 310 g/mol. The van der Waals surface area contributed by atoms with Gasteiger partial charge in [-0.3, -0.25) is 0 Å². The fraction of sp³-hybridized carbons (Fsp3) is 0.500. The molecule has 0 aliphatic rings. The molecule has 0 aliphatic carbocycles. The predicted octanol–water partition coefficient (Wildman–Crippen LogP) is 2.91. The van der Waals surface area contributed by atoms with Gasteiger partial charge in [0, 0.05) is 25.7 Å². The normalized spacial score (nSPS) is 12.5. The Morgan fingerprint density at radius 2 is 2.25 bits per heavy atom. The van der Waals surface area contributed by atoms with E-state index in [0.717, 1.165) is 0 Å². The van der Waals surface area contributed by atoms with Gasteiger partial charge in [-0.2, -0.15) is 10.2 Å². The summed E-state index contributed by atoms with van der Waals surface area (Å²) in [5.41, 5.74) is 0.528. The second-order valence-corrected chi connectivity index (χ2v) is 6.63. The van der Waals surface area contributed by atoms with Crippen molar-refractivity contribution in [3.8, 4) is 17.7 Å². The molecule has 0 bridgehead atoms. The smallest absolute Gasteiger partial charge is 0.410 e. The van der Waals surface area contributed by atoms with E-state index >= 15 is 0 Å². The van der Waals surface area contributed by atoms with Gasteiger partial charge in [-0.05, 0) is 26.8 Å². The molecule has 0 spiro atoms. The second kappa shape index (κ2) is 6.74. The van der Waals surface area contributed by atoms with Crippen molar-refractivity contribution < 1.29 is 14.1 Å². The molecule has 8 nitrogen and oxygen atoms in total. The molecule has 0 radical (unpaired) electrons. The lowest BCUT2D eigenvalue weighted by Crippen LogP contribution is -2.36. The number of nitriles is 1. The number of hydrogen-bond acceptors (Lipinski definition) is 6. The van der Waals surface area contributed by atoms with Crippen LogP contribution in [0.15, 0.2) is 16.8 Å². The van der Waals surface area contributed by atoms with E-state index in [1.165, 1.54) is 4.90 Å². The van der Waals surface area contributed by atoms with Crippen LogP contribution in [0, 0.1) is 11.3 Å². The predicted molar refractivity (Wildman–Crippen MR) is 86.1 cm³/mol. The van der Waals surface area contributed by atoms with E-state index < -0.39 is 11.7 Å². The summed E-state index contributed by atoms with van der Waals surface area (Å²) in [6.07, 6.45) is 1.17. The molecule has 0 saturated carbocycles. The number of nitrogens with one attached hydrogen (secondary N) is 1. The highest BCUT2D eigenvalue weighted by molar-refractivity contribution is 5.67. The number of aromatic amines is 1. The molecule has 0 aromatic carbocycles.